The number of nitrogens with one attached hydrogen (secondary N) is 2. The van der Waals surface area contributed by atoms with Gasteiger partial charge < -0.3 is 15.7 Å². The van der Waals surface area contributed by atoms with Crippen molar-refractivity contribution in [2.75, 3.05) is 23.5 Å². The number of anilines is 2. The minimum atomic E-state index is -0.456. The molecule has 4 nitrogen and oxygen atoms in total. The van der Waals surface area contributed by atoms with Crippen molar-refractivity contribution in [2.24, 2.45) is 0 Å². The highest BCUT2D eigenvalue weighted by Crippen LogP contribution is 2.21. The second-order valence-electron chi connectivity index (χ2n) is 4.59. The lowest BCUT2D eigenvalue weighted by Gasteiger charge is -2.12. The Balaban J connectivity index is 2.09. The Bertz CT molecular complexity index is 664. The van der Waals surface area contributed by atoms with Crippen LogP contribution in [0.1, 0.15) is 5.56 Å². The molecule has 3 N–H and O–H groups in total. The fraction of sp³-hybridized carbons (Fsp3) is 0.188. The summed E-state index contributed by atoms with van der Waals surface area (Å²) in [7, 11) is 0. The maximum Gasteiger partial charge on any atom is 0.323 e. The van der Waals surface area contributed by atoms with Crippen molar-refractivity contribution in [1.82, 2.24) is 0 Å². The summed E-state index contributed by atoms with van der Waals surface area (Å²) in [6, 6.07) is 11.1. The number of aliphatic hydroxyl groups is 1. The zero-order valence-corrected chi connectivity index (χ0v) is 12.9. The van der Waals surface area contributed by atoms with Gasteiger partial charge in [0, 0.05) is 22.9 Å². The van der Waals surface area contributed by atoms with Gasteiger partial charge in [0.25, 0.3) is 0 Å². The molecule has 0 aliphatic carbocycles. The third kappa shape index (κ3) is 4.47. The Morgan fingerprint density at radius 1 is 1.23 bits per heavy atom. The van der Waals surface area contributed by atoms with Crippen LogP contribution in [0.2, 0.25) is 0 Å². The number of hydrogen-bond acceptors (Lipinski definition) is 3. The van der Waals surface area contributed by atoms with Gasteiger partial charge in [-0.3, -0.25) is 0 Å². The van der Waals surface area contributed by atoms with Gasteiger partial charge in [-0.15, -0.1) is 11.8 Å². The highest BCUT2D eigenvalue weighted by atomic mass is 32.2. The first-order valence-corrected chi connectivity index (χ1v) is 7.96. The van der Waals surface area contributed by atoms with Crippen LogP contribution in [0.3, 0.4) is 0 Å². The van der Waals surface area contributed by atoms with Crippen molar-refractivity contribution < 1.29 is 14.3 Å². The third-order valence-electron chi connectivity index (χ3n) is 3.03. The predicted octanol–water partition coefficient (Wildman–Crippen LogP) is 3.73. The average Bonchev–Trinajstić information content (AvgIpc) is 2.50. The topological polar surface area (TPSA) is 61.4 Å². The molecule has 0 aliphatic rings. The first-order chi connectivity index (χ1) is 10.6. The zero-order chi connectivity index (χ0) is 15.9. The molecule has 0 bridgehead atoms. The highest BCUT2D eigenvalue weighted by Gasteiger charge is 2.08. The van der Waals surface area contributed by atoms with Crippen LogP contribution in [-0.4, -0.2) is 24.0 Å². The summed E-state index contributed by atoms with van der Waals surface area (Å²) in [5.41, 5.74) is 1.69. The molecule has 6 heteroatoms. The van der Waals surface area contributed by atoms with Crippen molar-refractivity contribution in [1.29, 1.82) is 0 Å². The van der Waals surface area contributed by atoms with E-state index < -0.39 is 11.8 Å². The van der Waals surface area contributed by atoms with Crippen LogP contribution >= 0.6 is 11.8 Å². The second-order valence-corrected chi connectivity index (χ2v) is 5.47. The summed E-state index contributed by atoms with van der Waals surface area (Å²) >= 11 is 1.58. The minimum absolute atomic E-state index is 0.0717. The smallest absolute Gasteiger partial charge is 0.323 e. The number of rotatable bonds is 5. The number of benzene rings is 2. The molecule has 2 rings (SSSR count). The van der Waals surface area contributed by atoms with Crippen LogP contribution in [0, 0.1) is 5.82 Å². The molecule has 2 amide bonds. The molecule has 0 heterocycles. The van der Waals surface area contributed by atoms with Gasteiger partial charge in [0.05, 0.1) is 0 Å². The summed E-state index contributed by atoms with van der Waals surface area (Å²) in [5, 5.41) is 14.3. The van der Waals surface area contributed by atoms with Crippen LogP contribution in [-0.2, 0) is 6.42 Å². The van der Waals surface area contributed by atoms with Crippen LogP contribution in [0.5, 0.6) is 0 Å². The first-order valence-electron chi connectivity index (χ1n) is 6.73. The number of carbonyl (C=O) groups is 1. The van der Waals surface area contributed by atoms with Crippen LogP contribution in [0.4, 0.5) is 20.6 Å². The molecule has 22 heavy (non-hydrogen) atoms. The summed E-state index contributed by atoms with van der Waals surface area (Å²) in [5.74, 6) is -0.443. The summed E-state index contributed by atoms with van der Waals surface area (Å²) < 4.78 is 13.3. The Labute approximate surface area is 132 Å². The lowest BCUT2D eigenvalue weighted by atomic mass is 10.1. The summed E-state index contributed by atoms with van der Waals surface area (Å²) in [6.07, 6.45) is 2.30. The van der Waals surface area contributed by atoms with Crippen molar-refractivity contribution in [3.05, 3.63) is 53.8 Å². The monoisotopic (exact) mass is 320 g/mol. The standard InChI is InChI=1S/C16H17FN2O2S/c1-22-14-4-2-3-13(10-14)18-16(21)19-15-9-12(17)6-5-11(15)7-8-20/h2-6,9-10,20H,7-8H2,1H3,(H2,18,19,21). The molecule has 0 atom stereocenters. The fourth-order valence-electron chi connectivity index (χ4n) is 1.99. The number of aliphatic hydroxyl groups excluding tert-OH is 1. The molecule has 0 unspecified atom stereocenters. The van der Waals surface area contributed by atoms with Gasteiger partial charge in [0.15, 0.2) is 0 Å². The average molecular weight is 320 g/mol. The van der Waals surface area contributed by atoms with Gasteiger partial charge in [-0.1, -0.05) is 12.1 Å². The van der Waals surface area contributed by atoms with Crippen molar-refractivity contribution in [3.63, 3.8) is 0 Å². The lowest BCUT2D eigenvalue weighted by molar-refractivity contribution is 0.262. The molecule has 0 spiro atoms. The number of halogens is 1. The van der Waals surface area contributed by atoms with Gasteiger partial charge in [-0.05, 0) is 48.6 Å². The van der Waals surface area contributed by atoms with Gasteiger partial charge in [0.2, 0.25) is 0 Å². The highest BCUT2D eigenvalue weighted by molar-refractivity contribution is 7.98. The van der Waals surface area contributed by atoms with E-state index >= 15 is 0 Å². The van der Waals surface area contributed by atoms with Crippen molar-refractivity contribution in [3.8, 4) is 0 Å². The van der Waals surface area contributed by atoms with E-state index in [0.29, 0.717) is 23.4 Å². The van der Waals surface area contributed by atoms with E-state index in [1.807, 2.05) is 24.5 Å². The van der Waals surface area contributed by atoms with Gasteiger partial charge in [-0.25, -0.2) is 9.18 Å². The van der Waals surface area contributed by atoms with E-state index in [0.717, 1.165) is 4.90 Å². The number of amides is 2. The Kier molecular flexibility index (Phi) is 5.80. The molecule has 0 radical (unpaired) electrons. The molecule has 0 saturated heterocycles. The first kappa shape index (κ1) is 16.3. The number of urea groups is 1. The van der Waals surface area contributed by atoms with Crippen LogP contribution < -0.4 is 10.6 Å². The molecule has 2 aromatic carbocycles. The van der Waals surface area contributed by atoms with E-state index in [2.05, 4.69) is 10.6 Å². The van der Waals surface area contributed by atoms with Crippen molar-refractivity contribution >= 4 is 29.2 Å². The Morgan fingerprint density at radius 2 is 2.05 bits per heavy atom. The Hall–Kier alpha value is -2.05. The number of carbonyl (C=O) groups excluding carboxylic acids is 1. The molecular weight excluding hydrogens is 303 g/mol. The lowest BCUT2D eigenvalue weighted by Crippen LogP contribution is -2.20. The molecular formula is C16H17FN2O2S. The fourth-order valence-corrected chi connectivity index (χ4v) is 2.45. The maximum atomic E-state index is 13.3. The molecule has 0 aliphatic heterocycles. The molecule has 2 aromatic rings. The summed E-state index contributed by atoms with van der Waals surface area (Å²) in [6.45, 7) is -0.0717. The second kappa shape index (κ2) is 7.82. The van der Waals surface area contributed by atoms with Gasteiger partial charge in [-0.2, -0.15) is 0 Å². The van der Waals surface area contributed by atoms with Crippen molar-refractivity contribution in [2.45, 2.75) is 11.3 Å². The molecule has 0 fully saturated rings. The molecule has 116 valence electrons. The van der Waals surface area contributed by atoms with E-state index in [4.69, 9.17) is 5.11 Å². The van der Waals surface area contributed by atoms with E-state index in [1.54, 1.807) is 23.9 Å². The van der Waals surface area contributed by atoms with E-state index in [-0.39, 0.29) is 6.61 Å². The molecule has 0 aromatic heterocycles. The normalized spacial score (nSPS) is 10.3. The summed E-state index contributed by atoms with van der Waals surface area (Å²) in [4.78, 5) is 13.1. The maximum absolute atomic E-state index is 13.3. The minimum Gasteiger partial charge on any atom is -0.396 e. The van der Waals surface area contributed by atoms with Gasteiger partial charge >= 0.3 is 6.03 Å². The zero-order valence-electron chi connectivity index (χ0n) is 12.1. The molecule has 0 saturated carbocycles. The number of hydrogen-bond donors (Lipinski definition) is 3. The number of thioether (sulfide) groups is 1. The largest absolute Gasteiger partial charge is 0.396 e. The Morgan fingerprint density at radius 3 is 2.77 bits per heavy atom. The predicted molar refractivity (Wildman–Crippen MR) is 88.1 cm³/mol. The quantitative estimate of drug-likeness (QED) is 0.736. The van der Waals surface area contributed by atoms with Crippen LogP contribution in [0.15, 0.2) is 47.4 Å². The SMILES string of the molecule is CSc1cccc(NC(=O)Nc2cc(F)ccc2CCO)c1. The van der Waals surface area contributed by atoms with Crippen LogP contribution in [0.25, 0.3) is 0 Å². The van der Waals surface area contributed by atoms with Gasteiger partial charge in [0.1, 0.15) is 5.82 Å². The van der Waals surface area contributed by atoms with E-state index in [9.17, 15) is 9.18 Å². The third-order valence-corrected chi connectivity index (χ3v) is 3.75. The van der Waals surface area contributed by atoms with E-state index in [1.165, 1.54) is 12.1 Å².